The van der Waals surface area contributed by atoms with Gasteiger partial charge in [0.15, 0.2) is 0 Å². The van der Waals surface area contributed by atoms with Gasteiger partial charge in [-0.25, -0.2) is 4.39 Å². The Hall–Kier alpha value is -0.410. The summed E-state index contributed by atoms with van der Waals surface area (Å²) < 4.78 is 13.7. The summed E-state index contributed by atoms with van der Waals surface area (Å²) in [5.41, 5.74) is 0.829. The number of hydrogen-bond acceptors (Lipinski definition) is 1. The van der Waals surface area contributed by atoms with Crippen molar-refractivity contribution in [2.24, 2.45) is 11.8 Å². The summed E-state index contributed by atoms with van der Waals surface area (Å²) >= 11 is 3.19. The predicted octanol–water partition coefficient (Wildman–Crippen LogP) is 5.62. The summed E-state index contributed by atoms with van der Waals surface area (Å²) in [6.45, 7) is 2.24. The van der Waals surface area contributed by atoms with Gasteiger partial charge in [0.2, 0.25) is 0 Å². The van der Waals surface area contributed by atoms with E-state index < -0.39 is 6.10 Å². The van der Waals surface area contributed by atoms with Gasteiger partial charge in [-0.15, -0.1) is 0 Å². The highest BCUT2D eigenvalue weighted by atomic mass is 79.9. The fourth-order valence-corrected chi connectivity index (χ4v) is 3.65. The first-order valence-corrected chi connectivity index (χ1v) is 8.54. The van der Waals surface area contributed by atoms with Crippen molar-refractivity contribution < 1.29 is 9.50 Å². The van der Waals surface area contributed by atoms with Crippen molar-refractivity contribution in [2.75, 3.05) is 0 Å². The third-order valence-corrected chi connectivity index (χ3v) is 5.20. The molecular weight excluding hydrogens is 319 g/mol. The van der Waals surface area contributed by atoms with Crippen LogP contribution in [-0.2, 0) is 0 Å². The molecule has 0 aliphatic heterocycles. The maximum Gasteiger partial charge on any atom is 0.137 e. The molecule has 0 heterocycles. The summed E-state index contributed by atoms with van der Waals surface area (Å²) in [6, 6.07) is 4.84. The Labute approximate surface area is 129 Å². The van der Waals surface area contributed by atoms with Gasteiger partial charge in [-0.05, 0) is 58.3 Å². The predicted molar refractivity (Wildman–Crippen MR) is 84.0 cm³/mol. The third kappa shape index (κ3) is 4.05. The fourth-order valence-electron chi connectivity index (χ4n) is 3.25. The van der Waals surface area contributed by atoms with Gasteiger partial charge in [-0.1, -0.05) is 45.1 Å². The molecule has 1 N–H and O–H groups in total. The molecule has 1 aliphatic rings. The smallest absolute Gasteiger partial charge is 0.137 e. The number of aliphatic hydroxyl groups excluding tert-OH is 1. The summed E-state index contributed by atoms with van der Waals surface area (Å²) in [7, 11) is 0. The third-order valence-electron chi connectivity index (χ3n) is 4.59. The molecule has 112 valence electrons. The monoisotopic (exact) mass is 342 g/mol. The van der Waals surface area contributed by atoms with Gasteiger partial charge in [0.1, 0.15) is 5.82 Å². The molecule has 3 heteroatoms. The zero-order valence-electron chi connectivity index (χ0n) is 12.1. The van der Waals surface area contributed by atoms with Gasteiger partial charge in [0.05, 0.1) is 10.6 Å². The van der Waals surface area contributed by atoms with Crippen LogP contribution in [0.3, 0.4) is 0 Å². The second-order valence-corrected chi connectivity index (χ2v) is 6.90. The first kappa shape index (κ1) is 16.0. The highest BCUT2D eigenvalue weighted by Crippen LogP contribution is 2.39. The van der Waals surface area contributed by atoms with E-state index in [1.165, 1.54) is 38.2 Å². The number of benzene rings is 1. The van der Waals surface area contributed by atoms with Gasteiger partial charge in [0, 0.05) is 0 Å². The van der Waals surface area contributed by atoms with Crippen molar-refractivity contribution in [3.63, 3.8) is 0 Å². The lowest BCUT2D eigenvalue weighted by molar-refractivity contribution is 0.0719. The lowest BCUT2D eigenvalue weighted by Crippen LogP contribution is -2.20. The molecule has 0 spiro atoms. The largest absolute Gasteiger partial charge is 0.388 e. The van der Waals surface area contributed by atoms with Crippen molar-refractivity contribution in [2.45, 2.75) is 58.0 Å². The maximum absolute atomic E-state index is 13.2. The number of rotatable bonds is 5. The van der Waals surface area contributed by atoms with Crippen molar-refractivity contribution in [3.8, 4) is 0 Å². The molecular formula is C17H24BrFO. The Morgan fingerprint density at radius 1 is 1.30 bits per heavy atom. The molecule has 0 radical (unpaired) electrons. The van der Waals surface area contributed by atoms with Crippen LogP contribution < -0.4 is 0 Å². The lowest BCUT2D eigenvalue weighted by Gasteiger charge is -2.31. The molecule has 1 nitrogen and oxygen atoms in total. The van der Waals surface area contributed by atoms with Crippen LogP contribution in [0.2, 0.25) is 0 Å². The van der Waals surface area contributed by atoms with Gasteiger partial charge in [0.25, 0.3) is 0 Å². The summed E-state index contributed by atoms with van der Waals surface area (Å²) in [6.07, 6.45) is 8.10. The van der Waals surface area contributed by atoms with E-state index in [9.17, 15) is 9.50 Å². The average Bonchev–Trinajstić information content (AvgIpc) is 2.48. The second kappa shape index (κ2) is 7.56. The van der Waals surface area contributed by atoms with Crippen LogP contribution in [0.1, 0.15) is 63.5 Å². The topological polar surface area (TPSA) is 20.2 Å². The van der Waals surface area contributed by atoms with E-state index in [1.54, 1.807) is 12.1 Å². The van der Waals surface area contributed by atoms with Crippen LogP contribution in [0.15, 0.2) is 22.7 Å². The highest BCUT2D eigenvalue weighted by molar-refractivity contribution is 9.10. The Morgan fingerprint density at radius 3 is 2.60 bits per heavy atom. The van der Waals surface area contributed by atoms with Crippen molar-refractivity contribution in [1.82, 2.24) is 0 Å². The molecule has 2 rings (SSSR count). The van der Waals surface area contributed by atoms with Crippen LogP contribution in [0, 0.1) is 17.7 Å². The Bertz CT molecular complexity index is 427. The zero-order chi connectivity index (χ0) is 14.5. The van der Waals surface area contributed by atoms with Crippen LogP contribution >= 0.6 is 15.9 Å². The first-order valence-electron chi connectivity index (χ1n) is 7.74. The Balaban J connectivity index is 1.91. The Morgan fingerprint density at radius 2 is 2.00 bits per heavy atom. The van der Waals surface area contributed by atoms with E-state index in [0.717, 1.165) is 24.3 Å². The van der Waals surface area contributed by atoms with Gasteiger partial charge < -0.3 is 5.11 Å². The van der Waals surface area contributed by atoms with E-state index in [1.807, 2.05) is 0 Å². The maximum atomic E-state index is 13.2. The van der Waals surface area contributed by atoms with Gasteiger partial charge in [-0.2, -0.15) is 0 Å². The normalized spacial score (nSPS) is 24.6. The van der Waals surface area contributed by atoms with E-state index in [0.29, 0.717) is 10.4 Å². The summed E-state index contributed by atoms with van der Waals surface area (Å²) in [5, 5.41) is 10.5. The molecule has 1 atom stereocenters. The van der Waals surface area contributed by atoms with E-state index in [-0.39, 0.29) is 5.82 Å². The van der Waals surface area contributed by atoms with Crippen LogP contribution in [0.25, 0.3) is 0 Å². The molecule has 0 aromatic heterocycles. The highest BCUT2D eigenvalue weighted by Gasteiger charge is 2.27. The molecule has 0 saturated heterocycles. The van der Waals surface area contributed by atoms with Gasteiger partial charge >= 0.3 is 0 Å². The van der Waals surface area contributed by atoms with Crippen LogP contribution in [0.4, 0.5) is 4.39 Å². The number of aliphatic hydroxyl groups is 1. The number of hydrogen-bond donors (Lipinski definition) is 1. The van der Waals surface area contributed by atoms with Crippen molar-refractivity contribution in [3.05, 3.63) is 34.1 Å². The average molecular weight is 343 g/mol. The number of unbranched alkanes of at least 4 members (excludes halogenated alkanes) is 1. The van der Waals surface area contributed by atoms with Crippen molar-refractivity contribution in [1.29, 1.82) is 0 Å². The first-order chi connectivity index (χ1) is 9.61. The molecule has 1 fully saturated rings. The Kier molecular flexibility index (Phi) is 6.03. The molecule has 0 amide bonds. The number of halogens is 2. The lowest BCUT2D eigenvalue weighted by atomic mass is 9.76. The molecule has 1 saturated carbocycles. The minimum absolute atomic E-state index is 0.274. The minimum Gasteiger partial charge on any atom is -0.388 e. The zero-order valence-corrected chi connectivity index (χ0v) is 13.7. The molecule has 20 heavy (non-hydrogen) atoms. The molecule has 1 aromatic carbocycles. The molecule has 1 aliphatic carbocycles. The minimum atomic E-state index is -0.459. The standard InChI is InChI=1S/C17H24BrFO/c1-2-3-4-12-5-7-13(8-6-12)17(20)14-9-10-16(19)15(18)11-14/h9-13,17,20H,2-8H2,1H3. The SMILES string of the molecule is CCCCC1CCC(C(O)c2ccc(F)c(Br)c2)CC1. The van der Waals surface area contributed by atoms with Crippen LogP contribution in [0.5, 0.6) is 0 Å². The van der Waals surface area contributed by atoms with E-state index in [2.05, 4.69) is 22.9 Å². The summed E-state index contributed by atoms with van der Waals surface area (Å²) in [4.78, 5) is 0. The molecule has 0 bridgehead atoms. The van der Waals surface area contributed by atoms with E-state index >= 15 is 0 Å². The van der Waals surface area contributed by atoms with Crippen molar-refractivity contribution >= 4 is 15.9 Å². The second-order valence-electron chi connectivity index (χ2n) is 6.04. The van der Waals surface area contributed by atoms with E-state index in [4.69, 9.17) is 0 Å². The molecule has 1 unspecified atom stereocenters. The summed E-state index contributed by atoms with van der Waals surface area (Å²) in [5.74, 6) is 0.896. The molecule has 1 aromatic rings. The van der Waals surface area contributed by atoms with Crippen LogP contribution in [-0.4, -0.2) is 5.11 Å². The fraction of sp³-hybridized carbons (Fsp3) is 0.647. The quantitative estimate of drug-likeness (QED) is 0.736. The van der Waals surface area contributed by atoms with Gasteiger partial charge in [-0.3, -0.25) is 0 Å².